The second-order valence-electron chi connectivity index (χ2n) is 5.05. The maximum absolute atomic E-state index is 12.5. The van der Waals surface area contributed by atoms with Crippen LogP contribution in [0.15, 0.2) is 52.1 Å². The lowest BCUT2D eigenvalue weighted by molar-refractivity contribution is -0.137. The molecule has 0 bridgehead atoms. The van der Waals surface area contributed by atoms with Gasteiger partial charge >= 0.3 is 6.18 Å². The molecule has 0 spiro atoms. The first-order valence-electron chi connectivity index (χ1n) is 6.97. The van der Waals surface area contributed by atoms with Crippen molar-refractivity contribution in [3.05, 3.63) is 59.6 Å². The highest BCUT2D eigenvalue weighted by Crippen LogP contribution is 2.30. The quantitative estimate of drug-likeness (QED) is 0.635. The monoisotopic (exact) mass is 351 g/mol. The van der Waals surface area contributed by atoms with Crippen LogP contribution in [0.1, 0.15) is 17.0 Å². The Bertz CT molecular complexity index is 814. The molecule has 0 aliphatic heterocycles. The standard InChI is InChI=1S/C16H12F3N3OS/c1-10-2-4-11(5-3-10)15-21-13(23-22-15)9-24-14-7-6-12(8-20-14)16(17,18)19/h2-8H,9H2,1H3. The summed E-state index contributed by atoms with van der Waals surface area (Å²) in [6.07, 6.45) is -3.57. The molecule has 0 unspecified atom stereocenters. The first kappa shape index (κ1) is 16.5. The normalized spacial score (nSPS) is 11.7. The number of thioether (sulfide) groups is 1. The molecule has 0 saturated heterocycles. The zero-order valence-electron chi connectivity index (χ0n) is 12.5. The first-order chi connectivity index (χ1) is 11.4. The molecule has 3 rings (SSSR count). The predicted octanol–water partition coefficient (Wildman–Crippen LogP) is 4.75. The highest BCUT2D eigenvalue weighted by atomic mass is 32.2. The number of benzene rings is 1. The number of aromatic nitrogens is 3. The molecule has 3 aromatic rings. The average Bonchev–Trinajstić information content (AvgIpc) is 3.02. The van der Waals surface area contributed by atoms with E-state index in [0.29, 0.717) is 22.5 Å². The number of hydrogen-bond acceptors (Lipinski definition) is 5. The molecule has 0 atom stereocenters. The van der Waals surface area contributed by atoms with Crippen molar-refractivity contribution < 1.29 is 17.7 Å². The summed E-state index contributed by atoms with van der Waals surface area (Å²) >= 11 is 1.23. The van der Waals surface area contributed by atoms with Gasteiger partial charge in [-0.05, 0) is 19.1 Å². The summed E-state index contributed by atoms with van der Waals surface area (Å²) in [5.74, 6) is 1.19. The molecule has 0 N–H and O–H groups in total. The van der Waals surface area contributed by atoms with Gasteiger partial charge in [0.05, 0.1) is 16.3 Å². The number of hydrogen-bond donors (Lipinski definition) is 0. The Labute approximate surface area is 140 Å². The van der Waals surface area contributed by atoms with Gasteiger partial charge in [0.2, 0.25) is 11.7 Å². The summed E-state index contributed by atoms with van der Waals surface area (Å²) in [7, 11) is 0. The summed E-state index contributed by atoms with van der Waals surface area (Å²) in [5.41, 5.74) is 1.20. The van der Waals surface area contributed by atoms with Gasteiger partial charge in [-0.15, -0.1) is 0 Å². The molecule has 0 aliphatic rings. The Morgan fingerprint density at radius 2 is 1.83 bits per heavy atom. The van der Waals surface area contributed by atoms with Crippen LogP contribution in [0.4, 0.5) is 13.2 Å². The Morgan fingerprint density at radius 1 is 1.08 bits per heavy atom. The molecular formula is C16H12F3N3OS. The summed E-state index contributed by atoms with van der Waals surface area (Å²) in [4.78, 5) is 8.06. The van der Waals surface area contributed by atoms with Crippen LogP contribution in [0.3, 0.4) is 0 Å². The molecule has 0 amide bonds. The molecule has 2 aromatic heterocycles. The van der Waals surface area contributed by atoms with E-state index in [1.807, 2.05) is 31.2 Å². The van der Waals surface area contributed by atoms with Crippen molar-refractivity contribution in [1.29, 1.82) is 0 Å². The maximum atomic E-state index is 12.5. The Hall–Kier alpha value is -2.35. The van der Waals surface area contributed by atoms with Crippen molar-refractivity contribution >= 4 is 11.8 Å². The van der Waals surface area contributed by atoms with Gasteiger partial charge in [-0.25, -0.2) is 4.98 Å². The van der Waals surface area contributed by atoms with Gasteiger partial charge in [0, 0.05) is 11.8 Å². The van der Waals surface area contributed by atoms with Gasteiger partial charge in [-0.3, -0.25) is 0 Å². The van der Waals surface area contributed by atoms with Crippen molar-refractivity contribution in [2.75, 3.05) is 0 Å². The largest absolute Gasteiger partial charge is 0.417 e. The molecule has 1 aromatic carbocycles. The minimum atomic E-state index is -4.38. The van der Waals surface area contributed by atoms with Crippen LogP contribution < -0.4 is 0 Å². The van der Waals surface area contributed by atoms with E-state index in [9.17, 15) is 13.2 Å². The molecule has 2 heterocycles. The number of rotatable bonds is 4. The highest BCUT2D eigenvalue weighted by Gasteiger charge is 2.30. The third-order valence-electron chi connectivity index (χ3n) is 3.19. The van der Waals surface area contributed by atoms with Crippen LogP contribution in [-0.2, 0) is 11.9 Å². The number of halogens is 3. The van der Waals surface area contributed by atoms with Crippen LogP contribution in [0, 0.1) is 6.92 Å². The first-order valence-corrected chi connectivity index (χ1v) is 7.96. The summed E-state index contributed by atoms with van der Waals surface area (Å²) in [6, 6.07) is 10.0. The topological polar surface area (TPSA) is 51.8 Å². The van der Waals surface area contributed by atoms with Gasteiger partial charge in [-0.1, -0.05) is 46.7 Å². The SMILES string of the molecule is Cc1ccc(-c2noc(CSc3ccc(C(F)(F)F)cn3)n2)cc1. The Morgan fingerprint density at radius 3 is 2.46 bits per heavy atom. The van der Waals surface area contributed by atoms with Crippen LogP contribution in [-0.4, -0.2) is 15.1 Å². The maximum Gasteiger partial charge on any atom is 0.417 e. The highest BCUT2D eigenvalue weighted by molar-refractivity contribution is 7.98. The molecule has 24 heavy (non-hydrogen) atoms. The molecular weight excluding hydrogens is 339 g/mol. The van der Waals surface area contributed by atoms with E-state index >= 15 is 0 Å². The summed E-state index contributed by atoms with van der Waals surface area (Å²) in [6.45, 7) is 1.99. The van der Waals surface area contributed by atoms with E-state index in [-0.39, 0.29) is 0 Å². The lowest BCUT2D eigenvalue weighted by Gasteiger charge is -2.05. The van der Waals surface area contributed by atoms with Crippen LogP contribution in [0.2, 0.25) is 0 Å². The van der Waals surface area contributed by atoms with Crippen molar-refractivity contribution in [3.63, 3.8) is 0 Å². The van der Waals surface area contributed by atoms with Crippen molar-refractivity contribution in [3.8, 4) is 11.4 Å². The lowest BCUT2D eigenvalue weighted by Crippen LogP contribution is -2.05. The molecule has 8 heteroatoms. The van der Waals surface area contributed by atoms with Crippen molar-refractivity contribution in [1.82, 2.24) is 15.1 Å². The third-order valence-corrected chi connectivity index (χ3v) is 4.11. The van der Waals surface area contributed by atoms with E-state index in [1.54, 1.807) is 0 Å². The van der Waals surface area contributed by atoms with Crippen LogP contribution in [0.5, 0.6) is 0 Å². The molecule has 0 aliphatic carbocycles. The van der Waals surface area contributed by atoms with E-state index in [0.717, 1.165) is 23.4 Å². The van der Waals surface area contributed by atoms with Crippen LogP contribution in [0.25, 0.3) is 11.4 Å². The minimum Gasteiger partial charge on any atom is -0.338 e. The van der Waals surface area contributed by atoms with Gasteiger partial charge in [-0.2, -0.15) is 18.2 Å². The molecule has 0 saturated carbocycles. The zero-order chi connectivity index (χ0) is 17.2. The summed E-state index contributed by atoms with van der Waals surface area (Å²) < 4.78 is 42.6. The van der Waals surface area contributed by atoms with Gasteiger partial charge in [0.1, 0.15) is 0 Å². The third kappa shape index (κ3) is 3.94. The Kier molecular flexibility index (Phi) is 4.57. The van der Waals surface area contributed by atoms with Crippen LogP contribution >= 0.6 is 11.8 Å². The zero-order valence-corrected chi connectivity index (χ0v) is 13.4. The number of aryl methyl sites for hydroxylation is 1. The predicted molar refractivity (Wildman–Crippen MR) is 83.3 cm³/mol. The number of nitrogens with zero attached hydrogens (tertiary/aromatic N) is 3. The molecule has 0 fully saturated rings. The van der Waals surface area contributed by atoms with Crippen molar-refractivity contribution in [2.45, 2.75) is 23.9 Å². The van der Waals surface area contributed by atoms with E-state index < -0.39 is 11.7 Å². The fourth-order valence-electron chi connectivity index (χ4n) is 1.90. The van der Waals surface area contributed by atoms with Gasteiger partial charge in [0.25, 0.3) is 0 Å². The second kappa shape index (κ2) is 6.64. The van der Waals surface area contributed by atoms with Crippen molar-refractivity contribution in [2.24, 2.45) is 0 Å². The van der Waals surface area contributed by atoms with E-state index in [2.05, 4.69) is 15.1 Å². The molecule has 0 radical (unpaired) electrons. The number of pyridine rings is 1. The molecule has 4 nitrogen and oxygen atoms in total. The average molecular weight is 351 g/mol. The molecule has 124 valence electrons. The fraction of sp³-hybridized carbons (Fsp3) is 0.188. The summed E-state index contributed by atoms with van der Waals surface area (Å²) in [5, 5.41) is 4.36. The second-order valence-corrected chi connectivity index (χ2v) is 6.04. The Balaban J connectivity index is 1.64. The minimum absolute atomic E-state index is 0.331. The van der Waals surface area contributed by atoms with E-state index in [4.69, 9.17) is 4.52 Å². The fourth-order valence-corrected chi connectivity index (χ4v) is 2.58. The lowest BCUT2D eigenvalue weighted by atomic mass is 10.1. The smallest absolute Gasteiger partial charge is 0.338 e. The van der Waals surface area contributed by atoms with Gasteiger partial charge in [0.15, 0.2) is 0 Å². The van der Waals surface area contributed by atoms with E-state index in [1.165, 1.54) is 17.8 Å². The van der Waals surface area contributed by atoms with Gasteiger partial charge < -0.3 is 4.52 Å². The number of alkyl halides is 3.